The van der Waals surface area contributed by atoms with Crippen LogP contribution in [0.3, 0.4) is 0 Å². The highest BCUT2D eigenvalue weighted by molar-refractivity contribution is 7.47. The SMILES string of the molecule is CC/C=C\C/C=C\C/C=C\CCCCCCCCCC(=O)NC(COP(=O)(O)OCCN)C(O)/C=C/CC/C=C/CCCCCCCCCC. The van der Waals surface area contributed by atoms with Gasteiger partial charge in [-0.25, -0.2) is 4.57 Å². The molecular weight excluding hydrogens is 647 g/mol. The number of rotatable bonds is 36. The van der Waals surface area contributed by atoms with Crippen LogP contribution in [0.25, 0.3) is 0 Å². The Morgan fingerprint density at radius 1 is 0.680 bits per heavy atom. The van der Waals surface area contributed by atoms with E-state index in [-0.39, 0.29) is 25.7 Å². The minimum Gasteiger partial charge on any atom is -0.387 e. The molecule has 3 unspecified atom stereocenters. The summed E-state index contributed by atoms with van der Waals surface area (Å²) in [7, 11) is -4.35. The molecule has 0 saturated heterocycles. The fraction of sp³-hybridized carbons (Fsp3) is 0.732. The van der Waals surface area contributed by atoms with Crippen molar-refractivity contribution in [2.75, 3.05) is 19.8 Å². The molecule has 0 aliphatic carbocycles. The maximum atomic E-state index is 12.7. The van der Waals surface area contributed by atoms with Crippen LogP contribution >= 0.6 is 7.82 Å². The van der Waals surface area contributed by atoms with E-state index in [1.54, 1.807) is 6.08 Å². The van der Waals surface area contributed by atoms with Gasteiger partial charge in [0.05, 0.1) is 25.4 Å². The average molecular weight is 723 g/mol. The first-order chi connectivity index (χ1) is 24.4. The molecule has 0 rings (SSSR count). The molecule has 50 heavy (non-hydrogen) atoms. The summed E-state index contributed by atoms with van der Waals surface area (Å²) in [6.45, 7) is 3.97. The van der Waals surface area contributed by atoms with E-state index in [0.717, 1.165) is 70.6 Å². The number of carbonyl (C=O) groups excluding carboxylic acids is 1. The Morgan fingerprint density at radius 2 is 1.18 bits per heavy atom. The number of hydrogen-bond donors (Lipinski definition) is 4. The second-order valence-electron chi connectivity index (χ2n) is 13.1. The molecule has 0 heterocycles. The van der Waals surface area contributed by atoms with E-state index in [2.05, 4.69) is 67.8 Å². The average Bonchev–Trinajstić information content (AvgIpc) is 3.10. The third-order valence-electron chi connectivity index (χ3n) is 8.33. The molecule has 3 atom stereocenters. The molecule has 0 spiro atoms. The van der Waals surface area contributed by atoms with Gasteiger partial charge in [-0.2, -0.15) is 0 Å². The zero-order chi connectivity index (χ0) is 36.8. The van der Waals surface area contributed by atoms with Crippen molar-refractivity contribution in [3.63, 3.8) is 0 Å². The monoisotopic (exact) mass is 723 g/mol. The summed E-state index contributed by atoms with van der Waals surface area (Å²) in [5, 5.41) is 13.6. The van der Waals surface area contributed by atoms with Crippen molar-refractivity contribution in [1.82, 2.24) is 5.32 Å². The van der Waals surface area contributed by atoms with Gasteiger partial charge in [-0.3, -0.25) is 13.8 Å². The van der Waals surface area contributed by atoms with Crippen LogP contribution in [0.1, 0.15) is 162 Å². The number of aliphatic hydroxyl groups is 1. The van der Waals surface area contributed by atoms with Gasteiger partial charge in [0.1, 0.15) is 0 Å². The molecular formula is C41H75N2O6P. The molecule has 0 saturated carbocycles. The van der Waals surface area contributed by atoms with Gasteiger partial charge in [-0.05, 0) is 64.2 Å². The van der Waals surface area contributed by atoms with Gasteiger partial charge in [0, 0.05) is 13.0 Å². The molecule has 0 aliphatic rings. The van der Waals surface area contributed by atoms with Crippen LogP contribution in [0, 0.1) is 0 Å². The van der Waals surface area contributed by atoms with Crippen LogP contribution in [-0.4, -0.2) is 47.8 Å². The van der Waals surface area contributed by atoms with E-state index in [1.807, 2.05) is 6.08 Å². The van der Waals surface area contributed by atoms with Crippen molar-refractivity contribution in [2.24, 2.45) is 5.73 Å². The molecule has 0 aromatic heterocycles. The summed E-state index contributed by atoms with van der Waals surface area (Å²) >= 11 is 0. The predicted octanol–water partition coefficient (Wildman–Crippen LogP) is 10.7. The Hall–Kier alpha value is -1.80. The molecule has 290 valence electrons. The van der Waals surface area contributed by atoms with Crippen LogP contribution in [0.2, 0.25) is 0 Å². The largest absolute Gasteiger partial charge is 0.472 e. The summed E-state index contributed by atoms with van der Waals surface area (Å²) < 4.78 is 22.0. The molecule has 9 heteroatoms. The Kier molecular flexibility index (Phi) is 35.6. The summed E-state index contributed by atoms with van der Waals surface area (Å²) in [5.41, 5.74) is 5.36. The first-order valence-electron chi connectivity index (χ1n) is 19.9. The lowest BCUT2D eigenvalue weighted by Gasteiger charge is -2.23. The van der Waals surface area contributed by atoms with Gasteiger partial charge in [0.2, 0.25) is 5.91 Å². The number of unbranched alkanes of at least 4 members (excludes halogenated alkanes) is 16. The minimum absolute atomic E-state index is 0.0696. The summed E-state index contributed by atoms with van der Waals surface area (Å²) in [6, 6.07) is -0.883. The highest BCUT2D eigenvalue weighted by atomic mass is 31.2. The maximum absolute atomic E-state index is 12.7. The highest BCUT2D eigenvalue weighted by Gasteiger charge is 2.26. The zero-order valence-corrected chi connectivity index (χ0v) is 32.8. The molecule has 1 amide bonds. The Bertz CT molecular complexity index is 965. The fourth-order valence-electron chi connectivity index (χ4n) is 5.34. The maximum Gasteiger partial charge on any atom is 0.472 e. The number of nitrogens with one attached hydrogen (secondary N) is 1. The third-order valence-corrected chi connectivity index (χ3v) is 9.31. The molecule has 0 aromatic rings. The van der Waals surface area contributed by atoms with Crippen LogP contribution in [0.15, 0.2) is 60.8 Å². The molecule has 8 nitrogen and oxygen atoms in total. The minimum atomic E-state index is -4.35. The number of amides is 1. The first kappa shape index (κ1) is 48.2. The van der Waals surface area contributed by atoms with Crippen LogP contribution in [0.5, 0.6) is 0 Å². The number of aliphatic hydroxyl groups excluding tert-OH is 1. The lowest BCUT2D eigenvalue weighted by molar-refractivity contribution is -0.123. The van der Waals surface area contributed by atoms with E-state index in [9.17, 15) is 19.4 Å². The first-order valence-corrected chi connectivity index (χ1v) is 21.4. The highest BCUT2D eigenvalue weighted by Crippen LogP contribution is 2.43. The third kappa shape index (κ3) is 34.6. The number of carbonyl (C=O) groups is 1. The van der Waals surface area contributed by atoms with Crippen LogP contribution < -0.4 is 11.1 Å². The normalized spacial score (nSPS) is 14.9. The molecule has 0 aromatic carbocycles. The van der Waals surface area contributed by atoms with Crippen molar-refractivity contribution in [3.05, 3.63) is 60.8 Å². The quantitative estimate of drug-likeness (QED) is 0.0288. The molecule has 0 fully saturated rings. The van der Waals surface area contributed by atoms with Gasteiger partial charge in [-0.1, -0.05) is 152 Å². The van der Waals surface area contributed by atoms with Crippen LogP contribution in [0.4, 0.5) is 0 Å². The summed E-state index contributed by atoms with van der Waals surface area (Å²) in [4.78, 5) is 22.6. The number of phosphoric ester groups is 1. The molecule has 0 radical (unpaired) electrons. The van der Waals surface area contributed by atoms with Crippen molar-refractivity contribution >= 4 is 13.7 Å². The zero-order valence-electron chi connectivity index (χ0n) is 31.9. The fourth-order valence-corrected chi connectivity index (χ4v) is 6.10. The van der Waals surface area contributed by atoms with Crippen molar-refractivity contribution in [2.45, 2.75) is 174 Å². The lowest BCUT2D eigenvalue weighted by Crippen LogP contribution is -2.45. The van der Waals surface area contributed by atoms with Gasteiger partial charge < -0.3 is 21.1 Å². The second-order valence-corrected chi connectivity index (χ2v) is 14.6. The van der Waals surface area contributed by atoms with Crippen molar-refractivity contribution in [3.8, 4) is 0 Å². The number of hydrogen-bond acceptors (Lipinski definition) is 6. The van der Waals surface area contributed by atoms with E-state index in [1.165, 1.54) is 70.6 Å². The second kappa shape index (κ2) is 37.0. The van der Waals surface area contributed by atoms with Gasteiger partial charge >= 0.3 is 7.82 Å². The Morgan fingerprint density at radius 3 is 1.78 bits per heavy atom. The lowest BCUT2D eigenvalue weighted by atomic mass is 10.1. The summed E-state index contributed by atoms with van der Waals surface area (Å²) in [6.07, 6.45) is 45.5. The van der Waals surface area contributed by atoms with E-state index >= 15 is 0 Å². The van der Waals surface area contributed by atoms with Crippen molar-refractivity contribution < 1.29 is 28.4 Å². The number of phosphoric acid groups is 1. The van der Waals surface area contributed by atoms with Crippen LogP contribution in [-0.2, 0) is 18.4 Å². The van der Waals surface area contributed by atoms with Crippen molar-refractivity contribution in [1.29, 1.82) is 0 Å². The van der Waals surface area contributed by atoms with E-state index in [0.29, 0.717) is 6.42 Å². The van der Waals surface area contributed by atoms with Gasteiger partial charge in [0.15, 0.2) is 0 Å². The van der Waals surface area contributed by atoms with Gasteiger partial charge in [0.25, 0.3) is 0 Å². The Balaban J connectivity index is 4.35. The molecule has 0 bridgehead atoms. The molecule has 5 N–H and O–H groups in total. The molecule has 0 aliphatic heterocycles. The number of allylic oxidation sites excluding steroid dienone is 9. The van der Waals surface area contributed by atoms with E-state index < -0.39 is 20.0 Å². The summed E-state index contributed by atoms with van der Waals surface area (Å²) in [5.74, 6) is -0.218. The van der Waals surface area contributed by atoms with E-state index in [4.69, 9.17) is 14.8 Å². The number of nitrogens with two attached hydrogens (primary N) is 1. The van der Waals surface area contributed by atoms with Gasteiger partial charge in [-0.15, -0.1) is 0 Å². The Labute approximate surface area is 306 Å². The standard InChI is InChI=1S/C41H75N2O6P/c1-3-5-7-9-11-13-15-17-19-20-21-23-25-27-29-31-33-35-41(45)43-39(38-49-50(46,47)48-37-36-42)40(44)34-32-30-28-26-24-22-18-16-14-12-10-8-6-4-2/h5,7,11,13,17,19,24,26,32,34,39-40,44H,3-4,6,8-10,12,14-16,18,20-23,25,27-31,33,35-38,42H2,1-2H3,(H,43,45)(H,46,47)/b7-5-,13-11-,19-17-,26-24+,34-32+. The smallest absolute Gasteiger partial charge is 0.387 e. The predicted molar refractivity (Wildman–Crippen MR) is 212 cm³/mol. The topological polar surface area (TPSA) is 131 Å².